The van der Waals surface area contributed by atoms with Crippen molar-refractivity contribution in [3.8, 4) is 0 Å². The Bertz CT molecular complexity index is 792. The van der Waals surface area contributed by atoms with Gasteiger partial charge in [0, 0.05) is 11.3 Å². The smallest absolute Gasteiger partial charge is 0.232 e. The average Bonchev–Trinajstić information content (AvgIpc) is 2.91. The molecule has 7 heteroatoms. The second kappa shape index (κ2) is 7.21. The van der Waals surface area contributed by atoms with Crippen LogP contribution in [0.15, 0.2) is 45.6 Å². The minimum absolute atomic E-state index is 0.00657. The highest BCUT2D eigenvalue weighted by atomic mass is 79.9. The van der Waals surface area contributed by atoms with Crippen LogP contribution >= 0.6 is 27.3 Å². The summed E-state index contributed by atoms with van der Waals surface area (Å²) in [7, 11) is -3.30. The van der Waals surface area contributed by atoms with Crippen LogP contribution in [0.3, 0.4) is 0 Å². The first kappa shape index (κ1) is 16.9. The third-order valence-corrected chi connectivity index (χ3v) is 5.67. The van der Waals surface area contributed by atoms with E-state index in [-0.39, 0.29) is 11.5 Å². The lowest BCUT2D eigenvalue weighted by Gasteiger charge is -2.06. The summed E-state index contributed by atoms with van der Waals surface area (Å²) in [6.45, 7) is 1.56. The maximum atomic E-state index is 12.0. The molecule has 0 spiro atoms. The van der Waals surface area contributed by atoms with Gasteiger partial charge in [-0.1, -0.05) is 6.08 Å². The van der Waals surface area contributed by atoms with Crippen molar-refractivity contribution in [2.75, 3.05) is 10.5 Å². The summed E-state index contributed by atoms with van der Waals surface area (Å²) >= 11 is 4.92. The molecule has 1 aromatic carbocycles. The molecular formula is C15H14BrNO3S2. The van der Waals surface area contributed by atoms with Gasteiger partial charge in [-0.05, 0) is 70.2 Å². The molecule has 0 aliphatic carbocycles. The number of halogens is 1. The SMILES string of the molecule is CCS(=O)(=O)Nc1ccc(C(=O)/C=C/c2csc(Br)c2)cc1. The molecule has 1 N–H and O–H groups in total. The van der Waals surface area contributed by atoms with Gasteiger partial charge in [0.1, 0.15) is 0 Å². The monoisotopic (exact) mass is 399 g/mol. The van der Waals surface area contributed by atoms with Crippen molar-refractivity contribution in [2.45, 2.75) is 6.92 Å². The standard InChI is InChI=1S/C15H14BrNO3S2/c1-2-22(19,20)17-13-6-4-12(5-7-13)14(18)8-3-11-9-15(16)21-10-11/h3-10,17H,2H2,1H3/b8-3+. The molecule has 0 aliphatic heterocycles. The number of ketones is 1. The summed E-state index contributed by atoms with van der Waals surface area (Å²) in [6.07, 6.45) is 3.25. The highest BCUT2D eigenvalue weighted by Crippen LogP contribution is 2.21. The first-order valence-electron chi connectivity index (χ1n) is 6.46. The number of hydrogen-bond acceptors (Lipinski definition) is 4. The van der Waals surface area contributed by atoms with Gasteiger partial charge in [0.25, 0.3) is 0 Å². The normalized spacial score (nSPS) is 11.7. The van der Waals surface area contributed by atoms with Gasteiger partial charge in [-0.25, -0.2) is 8.42 Å². The summed E-state index contributed by atoms with van der Waals surface area (Å²) in [4.78, 5) is 12.0. The van der Waals surface area contributed by atoms with Crippen molar-refractivity contribution in [3.05, 3.63) is 56.7 Å². The molecule has 0 unspecified atom stereocenters. The lowest BCUT2D eigenvalue weighted by molar-refractivity contribution is 0.104. The van der Waals surface area contributed by atoms with E-state index in [0.29, 0.717) is 11.3 Å². The number of hydrogen-bond donors (Lipinski definition) is 1. The van der Waals surface area contributed by atoms with Crippen LogP contribution in [0.1, 0.15) is 22.8 Å². The van der Waals surface area contributed by atoms with E-state index in [9.17, 15) is 13.2 Å². The summed E-state index contributed by atoms with van der Waals surface area (Å²) in [6, 6.07) is 8.29. The minimum Gasteiger partial charge on any atom is -0.289 e. The lowest BCUT2D eigenvalue weighted by atomic mass is 10.1. The molecule has 0 amide bonds. The van der Waals surface area contributed by atoms with Gasteiger partial charge >= 0.3 is 0 Å². The number of carbonyl (C=O) groups is 1. The van der Waals surface area contributed by atoms with E-state index in [1.54, 1.807) is 48.6 Å². The van der Waals surface area contributed by atoms with Crippen molar-refractivity contribution in [2.24, 2.45) is 0 Å². The predicted octanol–water partition coefficient (Wildman–Crippen LogP) is 4.17. The summed E-state index contributed by atoms with van der Waals surface area (Å²) in [5.74, 6) is -0.126. The van der Waals surface area contributed by atoms with Gasteiger partial charge in [0.2, 0.25) is 10.0 Å². The quantitative estimate of drug-likeness (QED) is 0.585. The molecule has 0 atom stereocenters. The Labute approximate surface area is 142 Å². The van der Waals surface area contributed by atoms with Gasteiger partial charge in [-0.2, -0.15) is 0 Å². The molecule has 0 aliphatic rings. The van der Waals surface area contributed by atoms with Crippen molar-refractivity contribution in [1.29, 1.82) is 0 Å². The Morgan fingerprint density at radius 3 is 2.55 bits per heavy atom. The first-order chi connectivity index (χ1) is 10.4. The van der Waals surface area contributed by atoms with Crippen molar-refractivity contribution in [1.82, 2.24) is 0 Å². The minimum atomic E-state index is -3.30. The number of carbonyl (C=O) groups excluding carboxylic acids is 1. The second-order valence-electron chi connectivity index (χ2n) is 4.46. The van der Waals surface area contributed by atoms with Crippen LogP contribution in [0.5, 0.6) is 0 Å². The molecule has 0 saturated carbocycles. The molecule has 4 nitrogen and oxygen atoms in total. The Hall–Kier alpha value is -1.44. The molecule has 0 radical (unpaired) electrons. The lowest BCUT2D eigenvalue weighted by Crippen LogP contribution is -2.14. The molecule has 116 valence electrons. The fourth-order valence-corrected chi connectivity index (χ4v) is 3.42. The zero-order valence-corrected chi connectivity index (χ0v) is 15.0. The van der Waals surface area contributed by atoms with E-state index in [2.05, 4.69) is 20.7 Å². The molecule has 1 aromatic heterocycles. The topological polar surface area (TPSA) is 63.2 Å². The number of nitrogens with one attached hydrogen (secondary N) is 1. The van der Waals surface area contributed by atoms with E-state index in [0.717, 1.165) is 9.35 Å². The largest absolute Gasteiger partial charge is 0.289 e. The highest BCUT2D eigenvalue weighted by molar-refractivity contribution is 9.11. The molecule has 2 aromatic rings. The van der Waals surface area contributed by atoms with Crippen molar-refractivity contribution >= 4 is 54.8 Å². The predicted molar refractivity (Wildman–Crippen MR) is 94.9 cm³/mol. The average molecular weight is 400 g/mol. The first-order valence-corrected chi connectivity index (χ1v) is 9.79. The number of benzene rings is 1. The van der Waals surface area contributed by atoms with E-state index >= 15 is 0 Å². The van der Waals surface area contributed by atoms with Gasteiger partial charge < -0.3 is 0 Å². The second-order valence-corrected chi connectivity index (χ2v) is 8.77. The van der Waals surface area contributed by atoms with Gasteiger partial charge in [-0.15, -0.1) is 11.3 Å². The number of thiophene rings is 1. The zero-order chi connectivity index (χ0) is 16.2. The van der Waals surface area contributed by atoms with Gasteiger partial charge in [0.05, 0.1) is 9.54 Å². The van der Waals surface area contributed by atoms with Gasteiger partial charge in [-0.3, -0.25) is 9.52 Å². The number of allylic oxidation sites excluding steroid dienone is 1. The van der Waals surface area contributed by atoms with E-state index in [1.165, 1.54) is 6.08 Å². The molecule has 0 bridgehead atoms. The molecule has 1 heterocycles. The Balaban J connectivity index is 2.06. The van der Waals surface area contributed by atoms with Crippen LogP contribution in [-0.4, -0.2) is 20.0 Å². The third-order valence-electron chi connectivity index (χ3n) is 2.84. The third kappa shape index (κ3) is 4.79. The fourth-order valence-electron chi connectivity index (χ4n) is 1.63. The number of anilines is 1. The van der Waals surface area contributed by atoms with Crippen molar-refractivity contribution in [3.63, 3.8) is 0 Å². The maximum Gasteiger partial charge on any atom is 0.232 e. The van der Waals surface area contributed by atoms with E-state index < -0.39 is 10.0 Å². The van der Waals surface area contributed by atoms with E-state index in [4.69, 9.17) is 0 Å². The zero-order valence-electron chi connectivity index (χ0n) is 11.7. The highest BCUT2D eigenvalue weighted by Gasteiger charge is 2.07. The van der Waals surface area contributed by atoms with Crippen LogP contribution in [0.4, 0.5) is 5.69 Å². The van der Waals surface area contributed by atoms with E-state index in [1.807, 2.05) is 11.4 Å². The van der Waals surface area contributed by atoms with Crippen LogP contribution < -0.4 is 4.72 Å². The Morgan fingerprint density at radius 2 is 2.00 bits per heavy atom. The Morgan fingerprint density at radius 1 is 1.32 bits per heavy atom. The Kier molecular flexibility index (Phi) is 5.55. The summed E-state index contributed by atoms with van der Waals surface area (Å²) in [5, 5.41) is 1.94. The molecule has 0 fully saturated rings. The fraction of sp³-hybridized carbons (Fsp3) is 0.133. The van der Waals surface area contributed by atoms with Crippen LogP contribution in [-0.2, 0) is 10.0 Å². The van der Waals surface area contributed by atoms with Crippen molar-refractivity contribution < 1.29 is 13.2 Å². The van der Waals surface area contributed by atoms with Crippen LogP contribution in [0.25, 0.3) is 6.08 Å². The number of sulfonamides is 1. The number of rotatable bonds is 6. The maximum absolute atomic E-state index is 12.0. The van der Waals surface area contributed by atoms with Crippen LogP contribution in [0, 0.1) is 0 Å². The van der Waals surface area contributed by atoms with Crippen LogP contribution in [0.2, 0.25) is 0 Å². The molecule has 0 saturated heterocycles. The molecule has 22 heavy (non-hydrogen) atoms. The summed E-state index contributed by atoms with van der Waals surface area (Å²) < 4.78 is 26.4. The van der Waals surface area contributed by atoms with Gasteiger partial charge in [0.15, 0.2) is 5.78 Å². The summed E-state index contributed by atoms with van der Waals surface area (Å²) in [5.41, 5.74) is 1.91. The molecule has 2 rings (SSSR count). The molecular weight excluding hydrogens is 386 g/mol.